The molecular weight excluding hydrogens is 250 g/mol. The van der Waals surface area contributed by atoms with Crippen molar-refractivity contribution in [1.82, 2.24) is 0 Å². The molecule has 0 saturated carbocycles. The maximum absolute atomic E-state index is 8.53. The van der Waals surface area contributed by atoms with Gasteiger partial charge in [0.15, 0.2) is 0 Å². The third-order valence-electron chi connectivity index (χ3n) is 3.70. The SMILES string of the molecule is CC(C)(C)[Si](C)(C)C#CCc1ccccc1N=[N+]=[N-]. The van der Waals surface area contributed by atoms with Crippen molar-refractivity contribution in [3.05, 3.63) is 40.3 Å². The van der Waals surface area contributed by atoms with Crippen LogP contribution in [-0.2, 0) is 6.42 Å². The maximum Gasteiger partial charge on any atom is 0.137 e. The van der Waals surface area contributed by atoms with Gasteiger partial charge in [-0.3, -0.25) is 0 Å². The van der Waals surface area contributed by atoms with Crippen LogP contribution in [0.5, 0.6) is 0 Å². The molecule has 0 radical (unpaired) electrons. The van der Waals surface area contributed by atoms with Gasteiger partial charge in [-0.25, -0.2) is 0 Å². The van der Waals surface area contributed by atoms with E-state index in [1.807, 2.05) is 24.3 Å². The second kappa shape index (κ2) is 5.97. The Morgan fingerprint density at radius 2 is 1.89 bits per heavy atom. The second-order valence-corrected chi connectivity index (χ2v) is 11.2. The Bertz CT molecular complexity index is 553. The molecule has 0 amide bonds. The molecule has 1 aromatic rings. The summed E-state index contributed by atoms with van der Waals surface area (Å²) in [5, 5.41) is 3.96. The number of azide groups is 1. The van der Waals surface area contributed by atoms with E-state index in [1.54, 1.807) is 0 Å². The van der Waals surface area contributed by atoms with Gasteiger partial charge in [-0.1, -0.05) is 63.2 Å². The van der Waals surface area contributed by atoms with E-state index < -0.39 is 8.07 Å². The van der Waals surface area contributed by atoms with E-state index >= 15 is 0 Å². The summed E-state index contributed by atoms with van der Waals surface area (Å²) in [6.45, 7) is 11.3. The molecule has 1 aromatic carbocycles. The standard InChI is InChI=1S/C15H21N3Si/c1-15(2,3)19(4,5)12-8-10-13-9-6-7-11-14(13)17-18-16/h6-7,9,11H,10H2,1-5H3. The summed E-state index contributed by atoms with van der Waals surface area (Å²) >= 11 is 0. The lowest BCUT2D eigenvalue weighted by Crippen LogP contribution is -2.35. The van der Waals surface area contributed by atoms with E-state index in [2.05, 4.69) is 55.4 Å². The summed E-state index contributed by atoms with van der Waals surface area (Å²) in [5.41, 5.74) is 13.7. The number of rotatable bonds is 2. The van der Waals surface area contributed by atoms with Gasteiger partial charge in [-0.15, -0.1) is 11.5 Å². The van der Waals surface area contributed by atoms with Crippen molar-refractivity contribution in [3.63, 3.8) is 0 Å². The lowest BCUT2D eigenvalue weighted by molar-refractivity contribution is 0.731. The van der Waals surface area contributed by atoms with Crippen molar-refractivity contribution >= 4 is 13.8 Å². The normalized spacial score (nSPS) is 11.2. The van der Waals surface area contributed by atoms with Gasteiger partial charge in [0.2, 0.25) is 0 Å². The zero-order valence-corrected chi connectivity index (χ0v) is 13.4. The molecule has 0 fully saturated rings. The Hall–Kier alpha value is -1.69. The molecule has 0 bridgehead atoms. The molecule has 0 aliphatic rings. The highest BCUT2D eigenvalue weighted by atomic mass is 28.3. The topological polar surface area (TPSA) is 48.8 Å². The summed E-state index contributed by atoms with van der Waals surface area (Å²) in [6.07, 6.45) is 0.641. The van der Waals surface area contributed by atoms with Crippen molar-refractivity contribution in [2.45, 2.75) is 45.3 Å². The van der Waals surface area contributed by atoms with E-state index in [-0.39, 0.29) is 5.04 Å². The largest absolute Gasteiger partial charge is 0.137 e. The first-order chi connectivity index (χ1) is 8.78. The zero-order chi connectivity index (χ0) is 14.5. The van der Waals surface area contributed by atoms with Gasteiger partial charge in [0.1, 0.15) is 8.07 Å². The van der Waals surface area contributed by atoms with Crippen LogP contribution in [0.15, 0.2) is 29.4 Å². The highest BCUT2D eigenvalue weighted by Gasteiger charge is 2.33. The minimum absolute atomic E-state index is 0.268. The van der Waals surface area contributed by atoms with Gasteiger partial charge in [0.05, 0.1) is 0 Å². The average Bonchev–Trinajstić information content (AvgIpc) is 2.30. The Morgan fingerprint density at radius 3 is 2.47 bits per heavy atom. The van der Waals surface area contributed by atoms with Gasteiger partial charge in [-0.05, 0) is 16.1 Å². The third-order valence-corrected chi connectivity index (χ3v) is 8.25. The molecule has 19 heavy (non-hydrogen) atoms. The highest BCUT2D eigenvalue weighted by molar-refractivity contribution is 6.87. The molecule has 4 heteroatoms. The van der Waals surface area contributed by atoms with Crippen molar-refractivity contribution in [2.24, 2.45) is 5.11 Å². The lowest BCUT2D eigenvalue weighted by atomic mass is 10.1. The minimum atomic E-state index is -1.56. The fraction of sp³-hybridized carbons (Fsp3) is 0.467. The van der Waals surface area contributed by atoms with E-state index in [4.69, 9.17) is 5.53 Å². The quantitative estimate of drug-likeness (QED) is 0.233. The van der Waals surface area contributed by atoms with Crippen LogP contribution in [0.3, 0.4) is 0 Å². The molecule has 1 rings (SSSR count). The molecular formula is C15H21N3Si. The summed E-state index contributed by atoms with van der Waals surface area (Å²) in [7, 11) is -1.56. The third kappa shape index (κ3) is 4.17. The second-order valence-electron chi connectivity index (χ2n) is 6.17. The van der Waals surface area contributed by atoms with Crippen LogP contribution in [-0.4, -0.2) is 8.07 Å². The molecule has 0 unspecified atom stereocenters. The molecule has 0 spiro atoms. The Kier molecular flexibility index (Phi) is 4.82. The molecule has 3 nitrogen and oxygen atoms in total. The lowest BCUT2D eigenvalue weighted by Gasteiger charge is -2.31. The molecule has 0 aliphatic heterocycles. The molecule has 0 heterocycles. The Morgan fingerprint density at radius 1 is 1.26 bits per heavy atom. The predicted molar refractivity (Wildman–Crippen MR) is 83.9 cm³/mol. The molecule has 100 valence electrons. The predicted octanol–water partition coefficient (Wildman–Crippen LogP) is 5.22. The maximum atomic E-state index is 8.53. The first-order valence-corrected chi connectivity index (χ1v) is 9.41. The van der Waals surface area contributed by atoms with Crippen molar-refractivity contribution in [2.75, 3.05) is 0 Å². The number of nitrogens with zero attached hydrogens (tertiary/aromatic N) is 3. The van der Waals surface area contributed by atoms with Crippen molar-refractivity contribution in [3.8, 4) is 11.5 Å². The summed E-state index contributed by atoms with van der Waals surface area (Å²) < 4.78 is 0. The van der Waals surface area contributed by atoms with Crippen LogP contribution >= 0.6 is 0 Å². The van der Waals surface area contributed by atoms with Gasteiger partial charge < -0.3 is 0 Å². The zero-order valence-electron chi connectivity index (χ0n) is 12.4. The minimum Gasteiger partial charge on any atom is -0.131 e. The summed E-state index contributed by atoms with van der Waals surface area (Å²) in [6, 6.07) is 7.60. The van der Waals surface area contributed by atoms with E-state index in [0.717, 1.165) is 5.56 Å². The van der Waals surface area contributed by atoms with E-state index in [9.17, 15) is 0 Å². The van der Waals surface area contributed by atoms with Crippen LogP contribution < -0.4 is 0 Å². The van der Waals surface area contributed by atoms with Crippen molar-refractivity contribution in [1.29, 1.82) is 0 Å². The Labute approximate surface area is 116 Å². The number of benzene rings is 1. The highest BCUT2D eigenvalue weighted by Crippen LogP contribution is 2.35. The van der Waals surface area contributed by atoms with E-state index in [1.165, 1.54) is 0 Å². The van der Waals surface area contributed by atoms with Gasteiger partial charge in [-0.2, -0.15) is 0 Å². The fourth-order valence-corrected chi connectivity index (χ4v) is 2.26. The molecule has 0 aliphatic carbocycles. The van der Waals surface area contributed by atoms with E-state index in [0.29, 0.717) is 12.1 Å². The number of hydrogen-bond donors (Lipinski definition) is 0. The summed E-state index contributed by atoms with van der Waals surface area (Å²) in [4.78, 5) is 2.85. The molecule has 0 saturated heterocycles. The molecule has 0 atom stereocenters. The first kappa shape index (κ1) is 15.4. The Balaban J connectivity index is 2.93. The van der Waals surface area contributed by atoms with Crippen LogP contribution in [0, 0.1) is 11.5 Å². The number of hydrogen-bond acceptors (Lipinski definition) is 1. The monoisotopic (exact) mass is 271 g/mol. The van der Waals surface area contributed by atoms with Crippen LogP contribution in [0.1, 0.15) is 26.3 Å². The van der Waals surface area contributed by atoms with Crippen LogP contribution in [0.25, 0.3) is 10.4 Å². The molecule has 0 aromatic heterocycles. The smallest absolute Gasteiger partial charge is 0.131 e. The van der Waals surface area contributed by atoms with Gasteiger partial charge in [0, 0.05) is 17.0 Å². The van der Waals surface area contributed by atoms with Crippen LogP contribution in [0.2, 0.25) is 18.1 Å². The van der Waals surface area contributed by atoms with Crippen LogP contribution in [0.4, 0.5) is 5.69 Å². The van der Waals surface area contributed by atoms with Gasteiger partial charge >= 0.3 is 0 Å². The van der Waals surface area contributed by atoms with Crippen molar-refractivity contribution < 1.29 is 0 Å². The summed E-state index contributed by atoms with van der Waals surface area (Å²) in [5.74, 6) is 3.28. The molecule has 0 N–H and O–H groups in total. The van der Waals surface area contributed by atoms with Gasteiger partial charge in [0.25, 0.3) is 0 Å². The first-order valence-electron chi connectivity index (χ1n) is 6.41. The fourth-order valence-electron chi connectivity index (χ4n) is 1.35. The average molecular weight is 271 g/mol.